The van der Waals surface area contributed by atoms with E-state index in [0.29, 0.717) is 23.0 Å². The minimum atomic E-state index is -0.395. The molecule has 2 aromatic heterocycles. The van der Waals surface area contributed by atoms with E-state index in [9.17, 15) is 9.59 Å². The van der Waals surface area contributed by atoms with Gasteiger partial charge >= 0.3 is 0 Å². The summed E-state index contributed by atoms with van der Waals surface area (Å²) in [6, 6.07) is 6.07. The summed E-state index contributed by atoms with van der Waals surface area (Å²) in [4.78, 5) is 32.6. The molecule has 1 amide bonds. The Morgan fingerprint density at radius 2 is 1.93 bits per heavy atom. The molecule has 0 bridgehead atoms. The van der Waals surface area contributed by atoms with Crippen LogP contribution < -0.4 is 10.9 Å². The van der Waals surface area contributed by atoms with Crippen molar-refractivity contribution in [1.29, 1.82) is 0 Å². The lowest BCUT2D eigenvalue weighted by Gasteiger charge is -2.19. The predicted molar refractivity (Wildman–Crippen MR) is 128 cm³/mol. The summed E-state index contributed by atoms with van der Waals surface area (Å²) < 4.78 is 1.67. The highest BCUT2D eigenvalue weighted by molar-refractivity contribution is 8.00. The van der Waals surface area contributed by atoms with Crippen molar-refractivity contribution in [2.24, 2.45) is 0 Å². The zero-order valence-electron chi connectivity index (χ0n) is 18.6. The molecule has 160 valence electrons. The molecular weight excluding hydrogens is 414 g/mol. The van der Waals surface area contributed by atoms with Crippen LogP contribution >= 0.6 is 23.1 Å². The Morgan fingerprint density at radius 1 is 1.23 bits per heavy atom. The Kier molecular flexibility index (Phi) is 6.72. The van der Waals surface area contributed by atoms with E-state index in [-0.39, 0.29) is 11.5 Å². The van der Waals surface area contributed by atoms with Gasteiger partial charge in [-0.15, -0.1) is 11.3 Å². The Labute approximate surface area is 185 Å². The highest BCUT2D eigenvalue weighted by atomic mass is 32.2. The predicted octanol–water partition coefficient (Wildman–Crippen LogP) is 5.65. The average molecular weight is 444 g/mol. The number of amides is 1. The number of carbonyl (C=O) groups is 1. The number of nitrogens with one attached hydrogen (secondary N) is 1. The van der Waals surface area contributed by atoms with Gasteiger partial charge in [0, 0.05) is 17.1 Å². The van der Waals surface area contributed by atoms with Crippen molar-refractivity contribution < 1.29 is 4.79 Å². The topological polar surface area (TPSA) is 64.0 Å². The minimum absolute atomic E-state index is 0.0274. The van der Waals surface area contributed by atoms with Crippen molar-refractivity contribution in [3.63, 3.8) is 0 Å². The Morgan fingerprint density at radius 3 is 2.57 bits per heavy atom. The first kappa shape index (κ1) is 22.6. The molecule has 0 saturated carbocycles. The number of fused-ring (bicyclic) bond motifs is 1. The van der Waals surface area contributed by atoms with Crippen LogP contribution in [0.3, 0.4) is 0 Å². The number of thiophene rings is 1. The molecule has 1 N–H and O–H groups in total. The highest BCUT2D eigenvalue weighted by Gasteiger charge is 2.22. The number of benzene rings is 1. The van der Waals surface area contributed by atoms with E-state index in [4.69, 9.17) is 4.98 Å². The molecular formula is C23H29N3O2S2. The van der Waals surface area contributed by atoms with Gasteiger partial charge in [-0.2, -0.15) is 0 Å². The van der Waals surface area contributed by atoms with Gasteiger partial charge in [-0.05, 0) is 57.2 Å². The van der Waals surface area contributed by atoms with E-state index < -0.39 is 5.25 Å². The zero-order chi connectivity index (χ0) is 22.2. The molecule has 0 fully saturated rings. The molecule has 1 aromatic carbocycles. The average Bonchev–Trinajstić information content (AvgIpc) is 2.97. The molecule has 30 heavy (non-hydrogen) atoms. The largest absolute Gasteiger partial charge is 0.325 e. The van der Waals surface area contributed by atoms with Crippen LogP contribution in [0.25, 0.3) is 10.2 Å². The number of rotatable bonds is 6. The first-order valence-corrected chi connectivity index (χ1v) is 11.9. The summed E-state index contributed by atoms with van der Waals surface area (Å²) >= 11 is 2.87. The molecule has 5 nitrogen and oxygen atoms in total. The number of hydrogen-bond acceptors (Lipinski definition) is 5. The fraction of sp³-hybridized carbons (Fsp3) is 0.435. The normalized spacial score (nSPS) is 12.5. The quantitative estimate of drug-likeness (QED) is 0.395. The molecule has 1 unspecified atom stereocenters. The number of para-hydroxylation sites is 1. The van der Waals surface area contributed by atoms with Crippen LogP contribution in [0.4, 0.5) is 5.69 Å². The van der Waals surface area contributed by atoms with Crippen molar-refractivity contribution in [2.45, 2.75) is 71.3 Å². The van der Waals surface area contributed by atoms with E-state index in [0.717, 1.165) is 32.1 Å². The first-order chi connectivity index (χ1) is 14.1. The van der Waals surface area contributed by atoms with Crippen LogP contribution in [0.15, 0.2) is 28.2 Å². The molecule has 0 aliphatic rings. The van der Waals surface area contributed by atoms with Gasteiger partial charge in [-0.25, -0.2) is 4.98 Å². The Balaban J connectivity index is 1.91. The second-order valence-electron chi connectivity index (χ2n) is 7.85. The summed E-state index contributed by atoms with van der Waals surface area (Å²) in [7, 11) is 0. The van der Waals surface area contributed by atoms with E-state index in [2.05, 4.69) is 25.2 Å². The van der Waals surface area contributed by atoms with Crippen molar-refractivity contribution in [2.75, 3.05) is 5.32 Å². The van der Waals surface area contributed by atoms with E-state index in [1.807, 2.05) is 46.8 Å². The number of aromatic nitrogens is 2. The molecule has 1 atom stereocenters. The minimum Gasteiger partial charge on any atom is -0.325 e. The third-order valence-electron chi connectivity index (χ3n) is 5.40. The summed E-state index contributed by atoms with van der Waals surface area (Å²) in [6.45, 7) is 14.5. The number of thioether (sulfide) groups is 1. The van der Waals surface area contributed by atoms with E-state index >= 15 is 0 Å². The molecule has 0 radical (unpaired) electrons. The van der Waals surface area contributed by atoms with Gasteiger partial charge < -0.3 is 5.32 Å². The number of carbonyl (C=O) groups excluding carboxylic acids is 1. The van der Waals surface area contributed by atoms with Gasteiger partial charge in [0.25, 0.3) is 5.56 Å². The summed E-state index contributed by atoms with van der Waals surface area (Å²) in [5.41, 5.74) is 4.01. The fourth-order valence-electron chi connectivity index (χ4n) is 3.46. The molecule has 7 heteroatoms. The summed E-state index contributed by atoms with van der Waals surface area (Å²) in [5.74, 6) is 0.217. The smallest absolute Gasteiger partial charge is 0.263 e. The van der Waals surface area contributed by atoms with Crippen LogP contribution in [-0.4, -0.2) is 20.7 Å². The second kappa shape index (κ2) is 8.94. The molecule has 0 saturated heterocycles. The van der Waals surface area contributed by atoms with Crippen molar-refractivity contribution in [3.05, 3.63) is 50.1 Å². The van der Waals surface area contributed by atoms with E-state index in [1.54, 1.807) is 4.57 Å². The Bertz CT molecular complexity index is 1160. The third-order valence-corrected chi connectivity index (χ3v) is 7.59. The summed E-state index contributed by atoms with van der Waals surface area (Å²) in [6.07, 6.45) is 0. The van der Waals surface area contributed by atoms with Crippen molar-refractivity contribution in [1.82, 2.24) is 9.55 Å². The lowest BCUT2D eigenvalue weighted by Crippen LogP contribution is -2.27. The molecule has 3 aromatic rings. The summed E-state index contributed by atoms with van der Waals surface area (Å²) in [5, 5.41) is 4.00. The molecule has 3 rings (SSSR count). The van der Waals surface area contributed by atoms with Gasteiger partial charge in [0.1, 0.15) is 4.83 Å². The highest BCUT2D eigenvalue weighted by Crippen LogP contribution is 2.31. The number of aryl methyl sites for hydroxylation is 3. The van der Waals surface area contributed by atoms with Gasteiger partial charge in [0.05, 0.1) is 10.6 Å². The third kappa shape index (κ3) is 4.18. The van der Waals surface area contributed by atoms with Crippen LogP contribution in [0.1, 0.15) is 55.2 Å². The van der Waals surface area contributed by atoms with Crippen molar-refractivity contribution in [3.8, 4) is 0 Å². The van der Waals surface area contributed by atoms with E-state index in [1.165, 1.54) is 23.1 Å². The van der Waals surface area contributed by atoms with Gasteiger partial charge in [0.2, 0.25) is 5.91 Å². The number of hydrogen-bond donors (Lipinski definition) is 1. The first-order valence-electron chi connectivity index (χ1n) is 10.2. The standard InChI is InChI=1S/C23H29N3O2S2/c1-8-26-22(28)18-14(5)15(6)29-21(18)25-23(26)30-16(7)20(27)24-19-13(4)10-9-11-17(19)12(2)3/h9-12,16H,8H2,1-7H3,(H,24,27). The Hall–Kier alpha value is -2.12. The number of nitrogens with zero attached hydrogens (tertiary/aromatic N) is 2. The lowest BCUT2D eigenvalue weighted by molar-refractivity contribution is -0.115. The maximum atomic E-state index is 13.0. The number of anilines is 1. The second-order valence-corrected chi connectivity index (χ2v) is 10.4. The zero-order valence-corrected chi connectivity index (χ0v) is 20.3. The fourth-order valence-corrected chi connectivity index (χ4v) is 5.50. The van der Waals surface area contributed by atoms with Gasteiger partial charge in [-0.3, -0.25) is 14.2 Å². The SMILES string of the molecule is CCn1c(SC(C)C(=O)Nc2c(C)cccc2C(C)C)nc2sc(C)c(C)c2c1=O. The molecule has 2 heterocycles. The molecule has 0 aliphatic carbocycles. The maximum Gasteiger partial charge on any atom is 0.263 e. The molecule has 0 spiro atoms. The molecule has 0 aliphatic heterocycles. The van der Waals surface area contributed by atoms with Crippen LogP contribution in [0.5, 0.6) is 0 Å². The van der Waals surface area contributed by atoms with Gasteiger partial charge in [0.15, 0.2) is 5.16 Å². The maximum absolute atomic E-state index is 13.0. The van der Waals surface area contributed by atoms with Crippen LogP contribution in [0.2, 0.25) is 0 Å². The van der Waals surface area contributed by atoms with Gasteiger partial charge in [-0.1, -0.05) is 43.8 Å². The van der Waals surface area contributed by atoms with Crippen LogP contribution in [-0.2, 0) is 11.3 Å². The monoisotopic (exact) mass is 443 g/mol. The lowest BCUT2D eigenvalue weighted by atomic mass is 9.98. The van der Waals surface area contributed by atoms with Crippen LogP contribution in [0, 0.1) is 20.8 Å². The van der Waals surface area contributed by atoms with Crippen molar-refractivity contribution >= 4 is 44.9 Å².